The summed E-state index contributed by atoms with van der Waals surface area (Å²) in [6, 6.07) is 111. The van der Waals surface area contributed by atoms with E-state index >= 15 is 0 Å². The number of nitriles is 1. The molecule has 0 atom stereocenters. The molecule has 0 spiro atoms. The van der Waals surface area contributed by atoms with Crippen molar-refractivity contribution >= 4 is 131 Å². The first kappa shape index (κ1) is 53.9. The maximum atomic E-state index is 13.3. The molecule has 9 nitrogen and oxygen atoms in total. The Morgan fingerprint density at radius 3 is 0.724 bits per heavy atom. The number of rotatable bonds is 8. The van der Waals surface area contributed by atoms with Gasteiger partial charge in [-0.25, -0.2) is 0 Å². The number of hydrogen-bond acceptors (Lipinski definition) is 3. The Morgan fingerprint density at radius 1 is 0.214 bits per heavy atom. The number of fused-ring (bicyclic) bond motifs is 18. The minimum atomic E-state index is 0.484. The zero-order chi connectivity index (χ0) is 64.3. The summed E-state index contributed by atoms with van der Waals surface area (Å²) in [5.41, 5.74) is 21.8. The van der Waals surface area contributed by atoms with Crippen LogP contribution in [0.25, 0.3) is 187 Å². The van der Waals surface area contributed by atoms with Crippen LogP contribution in [0.4, 0.5) is 0 Å². The minimum Gasteiger partial charge on any atom is -0.309 e. The molecule has 9 heteroatoms. The number of nitrogens with zero attached hydrogens (tertiary/aromatic N) is 9. The second-order valence-corrected chi connectivity index (χ2v) is 25.5. The molecular formula is C89H53N9. The monoisotopic (exact) mass is 1250 g/mol. The molecule has 8 heterocycles. The lowest BCUT2D eigenvalue weighted by Crippen LogP contribution is -2.13. The van der Waals surface area contributed by atoms with E-state index in [-0.39, 0.29) is 0 Å². The van der Waals surface area contributed by atoms with Crippen molar-refractivity contribution in [1.82, 2.24) is 37.4 Å². The highest BCUT2D eigenvalue weighted by Gasteiger charge is 2.35. The third-order valence-electron chi connectivity index (χ3n) is 20.6. The van der Waals surface area contributed by atoms with Gasteiger partial charge in [0.25, 0.3) is 0 Å². The topological polar surface area (TPSA) is 79.2 Å². The summed E-state index contributed by atoms with van der Waals surface area (Å²) >= 11 is 0. The van der Waals surface area contributed by atoms with Crippen molar-refractivity contribution in [3.05, 3.63) is 328 Å². The molecule has 0 aliphatic rings. The first-order valence-corrected chi connectivity index (χ1v) is 33.2. The molecule has 21 rings (SSSR count). The highest BCUT2D eigenvalue weighted by atomic mass is 15.1. The van der Waals surface area contributed by atoms with Gasteiger partial charge in [0, 0.05) is 118 Å². The van der Waals surface area contributed by atoms with E-state index < -0.39 is 0 Å². The van der Waals surface area contributed by atoms with Gasteiger partial charge in [0.15, 0.2) is 0 Å². The summed E-state index contributed by atoms with van der Waals surface area (Å²) in [4.78, 5) is 9.53. The molecule has 0 radical (unpaired) electrons. The normalized spacial score (nSPS) is 12.1. The Kier molecular flexibility index (Phi) is 11.4. The summed E-state index contributed by atoms with van der Waals surface area (Å²) in [6.07, 6.45) is 7.56. The van der Waals surface area contributed by atoms with Crippen LogP contribution >= 0.6 is 0 Å². The maximum Gasteiger partial charge on any atom is 0.104 e. The average Bonchev–Trinajstić information content (AvgIpc) is 1.45. The lowest BCUT2D eigenvalue weighted by molar-refractivity contribution is 1.09. The first-order valence-electron chi connectivity index (χ1n) is 33.2. The lowest BCUT2D eigenvalue weighted by Gasteiger charge is -2.28. The van der Waals surface area contributed by atoms with Gasteiger partial charge in [0.1, 0.15) is 11.6 Å². The molecular weight excluding hydrogens is 1200 g/mol. The van der Waals surface area contributed by atoms with E-state index in [2.05, 4.69) is 331 Å². The van der Waals surface area contributed by atoms with Crippen molar-refractivity contribution in [3.8, 4) is 62.4 Å². The molecule has 0 unspecified atom stereocenters. The van der Waals surface area contributed by atoms with Crippen LogP contribution < -0.4 is 0 Å². The van der Waals surface area contributed by atoms with Crippen molar-refractivity contribution < 1.29 is 0 Å². The van der Waals surface area contributed by atoms with E-state index in [0.29, 0.717) is 5.56 Å². The Labute approximate surface area is 560 Å². The van der Waals surface area contributed by atoms with Gasteiger partial charge in [-0.15, -0.1) is 0 Å². The van der Waals surface area contributed by atoms with Crippen LogP contribution in [0.3, 0.4) is 0 Å². The summed E-state index contributed by atoms with van der Waals surface area (Å²) in [5.74, 6) is 0. The van der Waals surface area contributed by atoms with E-state index in [1.54, 1.807) is 0 Å². The third kappa shape index (κ3) is 7.48. The lowest BCUT2D eigenvalue weighted by atomic mass is 9.88. The van der Waals surface area contributed by atoms with Crippen molar-refractivity contribution in [3.63, 3.8) is 0 Å². The fraction of sp³-hybridized carbons (Fsp3) is 0. The predicted octanol–water partition coefficient (Wildman–Crippen LogP) is 22.3. The molecule has 0 bridgehead atoms. The van der Waals surface area contributed by atoms with Crippen LogP contribution in [0.15, 0.2) is 322 Å². The van der Waals surface area contributed by atoms with Gasteiger partial charge in [-0.05, 0) is 145 Å². The largest absolute Gasteiger partial charge is 0.309 e. The molecule has 13 aromatic carbocycles. The van der Waals surface area contributed by atoms with E-state index in [0.717, 1.165) is 182 Å². The van der Waals surface area contributed by atoms with Crippen molar-refractivity contribution in [2.24, 2.45) is 0 Å². The van der Waals surface area contributed by atoms with Crippen LogP contribution in [-0.2, 0) is 0 Å². The fourth-order valence-corrected chi connectivity index (χ4v) is 16.7. The van der Waals surface area contributed by atoms with Crippen molar-refractivity contribution in [2.45, 2.75) is 0 Å². The zero-order valence-corrected chi connectivity index (χ0v) is 52.6. The summed E-state index contributed by atoms with van der Waals surface area (Å²) in [7, 11) is 0. The summed E-state index contributed by atoms with van der Waals surface area (Å²) in [5, 5.41) is 26.7. The van der Waals surface area contributed by atoms with E-state index in [1.165, 1.54) is 5.39 Å². The Morgan fingerprint density at radius 2 is 0.449 bits per heavy atom. The predicted molar refractivity (Wildman–Crippen MR) is 404 cm³/mol. The Balaban J connectivity index is 1.03. The molecule has 0 saturated heterocycles. The quantitative estimate of drug-likeness (QED) is 0.152. The standard InChI is InChI=1S/C89H53N9/c90-54-72-87(96-76-37-19-13-31-63(76)69-48-66-60-28-10-16-34-73(60)93(79(66)51-82(69)96)57-22-4-1-5-23-57)85(55-40-44-91-45-41-55)89(98-78-39-21-15-33-65(78)71-50-68-62-30-12-18-36-75(62)95(81(68)53-84(71)98)59-26-8-3-9-27-59)86(56-42-46-92-47-43-56)88(72)97-77-38-20-14-32-64(77)70-49-67-61-29-11-17-35-74(61)94(80(67)52-83(70)97)58-24-6-2-7-25-58/h1-53H. The molecule has 98 heavy (non-hydrogen) atoms. The molecule has 0 aliphatic carbocycles. The van der Waals surface area contributed by atoms with Crippen LogP contribution in [-0.4, -0.2) is 37.4 Å². The summed E-state index contributed by atoms with van der Waals surface area (Å²) in [6.45, 7) is 0. The van der Waals surface area contributed by atoms with Crippen molar-refractivity contribution in [1.29, 1.82) is 5.26 Å². The second-order valence-electron chi connectivity index (χ2n) is 25.5. The maximum absolute atomic E-state index is 13.3. The number of benzene rings is 13. The van der Waals surface area contributed by atoms with Gasteiger partial charge in [-0.3, -0.25) is 9.97 Å². The van der Waals surface area contributed by atoms with Crippen LogP contribution in [0.1, 0.15) is 5.56 Å². The number of para-hydroxylation sites is 9. The van der Waals surface area contributed by atoms with E-state index in [1.807, 2.05) is 24.8 Å². The van der Waals surface area contributed by atoms with Gasteiger partial charge in [0.2, 0.25) is 0 Å². The first-order chi connectivity index (χ1) is 48.7. The average molecular weight is 1250 g/mol. The van der Waals surface area contributed by atoms with Gasteiger partial charge in [0.05, 0.1) is 83.3 Å². The third-order valence-corrected chi connectivity index (χ3v) is 20.6. The zero-order valence-electron chi connectivity index (χ0n) is 52.6. The van der Waals surface area contributed by atoms with Crippen LogP contribution in [0, 0.1) is 11.3 Å². The SMILES string of the molecule is N#Cc1c(-n2c3ccccc3c3cc4c5ccccc5n(-c5ccccc5)c4cc32)c(-c2ccncc2)c(-n2c3ccccc3c3cc4c5ccccc5n(-c5ccccc5)c4cc32)c(-c2ccncc2)c1-n1c2ccccc2c2cc3c4ccccc4n(-c4ccccc4)c3cc21. The Hall–Kier alpha value is -13.6. The second kappa shape index (κ2) is 20.7. The van der Waals surface area contributed by atoms with Gasteiger partial charge >= 0.3 is 0 Å². The summed E-state index contributed by atoms with van der Waals surface area (Å²) < 4.78 is 14.6. The smallest absolute Gasteiger partial charge is 0.104 e. The molecule has 454 valence electrons. The molecule has 0 fully saturated rings. The van der Waals surface area contributed by atoms with Crippen molar-refractivity contribution in [2.75, 3.05) is 0 Å². The Bertz CT molecular complexity index is 6670. The van der Waals surface area contributed by atoms with Crippen LogP contribution in [0.5, 0.6) is 0 Å². The minimum absolute atomic E-state index is 0.484. The molecule has 0 aliphatic heterocycles. The number of hydrogen-bond donors (Lipinski definition) is 0. The molecule has 0 N–H and O–H groups in total. The highest BCUT2D eigenvalue weighted by Crippen LogP contribution is 2.54. The fourth-order valence-electron chi connectivity index (χ4n) is 16.7. The highest BCUT2D eigenvalue weighted by molar-refractivity contribution is 6.24. The van der Waals surface area contributed by atoms with E-state index in [9.17, 15) is 5.26 Å². The molecule has 0 amide bonds. The van der Waals surface area contributed by atoms with Crippen LogP contribution in [0.2, 0.25) is 0 Å². The van der Waals surface area contributed by atoms with E-state index in [4.69, 9.17) is 9.97 Å². The van der Waals surface area contributed by atoms with Gasteiger partial charge in [-0.2, -0.15) is 5.26 Å². The van der Waals surface area contributed by atoms with Gasteiger partial charge in [-0.1, -0.05) is 164 Å². The molecule has 21 aromatic rings. The number of aromatic nitrogens is 8. The molecule has 0 saturated carbocycles. The molecule has 8 aromatic heterocycles. The number of pyridine rings is 2. The van der Waals surface area contributed by atoms with Gasteiger partial charge < -0.3 is 27.4 Å².